The summed E-state index contributed by atoms with van der Waals surface area (Å²) >= 11 is 0. The van der Waals surface area contributed by atoms with Gasteiger partial charge in [0.25, 0.3) is 0 Å². The molecule has 1 amide bonds. The number of hydrogen-bond donors (Lipinski definition) is 1. The second-order valence-electron chi connectivity index (χ2n) is 5.97. The van der Waals surface area contributed by atoms with Gasteiger partial charge in [-0.1, -0.05) is 26.0 Å². The molecule has 1 fully saturated rings. The molecule has 2 N–H and O–H groups in total. The number of amides is 1. The van der Waals surface area contributed by atoms with E-state index in [1.54, 1.807) is 0 Å². The number of carbonyl (C=O) groups is 1. The van der Waals surface area contributed by atoms with E-state index in [0.29, 0.717) is 11.8 Å². The summed E-state index contributed by atoms with van der Waals surface area (Å²) in [6.07, 6.45) is 2.65. The zero-order valence-electron chi connectivity index (χ0n) is 11.3. The quantitative estimate of drug-likeness (QED) is 0.815. The highest BCUT2D eigenvalue weighted by Gasteiger charge is 2.27. The fraction of sp³-hybridized carbons (Fsp3) is 0.533. The van der Waals surface area contributed by atoms with Gasteiger partial charge < -0.3 is 10.6 Å². The van der Waals surface area contributed by atoms with Crippen molar-refractivity contribution in [1.29, 1.82) is 0 Å². The second-order valence-corrected chi connectivity index (χ2v) is 5.97. The van der Waals surface area contributed by atoms with Crippen LogP contribution in [0.15, 0.2) is 24.3 Å². The summed E-state index contributed by atoms with van der Waals surface area (Å²) in [7, 11) is 0. The number of benzene rings is 1. The Kier molecular flexibility index (Phi) is 3.60. The first-order valence-corrected chi connectivity index (χ1v) is 6.58. The molecule has 1 aliphatic heterocycles. The number of anilines is 1. The van der Waals surface area contributed by atoms with Gasteiger partial charge in [0.1, 0.15) is 0 Å². The van der Waals surface area contributed by atoms with E-state index in [-0.39, 0.29) is 5.91 Å². The van der Waals surface area contributed by atoms with E-state index >= 15 is 0 Å². The van der Waals surface area contributed by atoms with Gasteiger partial charge in [0, 0.05) is 18.8 Å². The molecule has 0 aromatic heterocycles. The molecular weight excluding hydrogens is 224 g/mol. The summed E-state index contributed by atoms with van der Waals surface area (Å²) in [6, 6.07) is 7.59. The Labute approximate surface area is 109 Å². The monoisotopic (exact) mass is 246 g/mol. The average Bonchev–Trinajstić information content (AvgIpc) is 2.28. The third kappa shape index (κ3) is 3.25. The van der Waals surface area contributed by atoms with Crippen molar-refractivity contribution in [2.24, 2.45) is 5.41 Å². The van der Waals surface area contributed by atoms with E-state index in [4.69, 9.17) is 5.73 Å². The number of carbonyl (C=O) groups excluding carboxylic acids is 1. The number of nitrogens with two attached hydrogens (primary N) is 1. The summed E-state index contributed by atoms with van der Waals surface area (Å²) in [5.41, 5.74) is 7.83. The average molecular weight is 246 g/mol. The largest absolute Gasteiger partial charge is 0.399 e. The van der Waals surface area contributed by atoms with Crippen molar-refractivity contribution in [2.45, 2.75) is 33.1 Å². The Balaban J connectivity index is 1.93. The SMILES string of the molecule is CC1(C)CCN(C(=O)Cc2cccc(N)c2)CC1. The lowest BCUT2D eigenvalue weighted by Gasteiger charge is -2.37. The maximum Gasteiger partial charge on any atom is 0.226 e. The van der Waals surface area contributed by atoms with E-state index in [2.05, 4.69) is 13.8 Å². The van der Waals surface area contributed by atoms with Gasteiger partial charge >= 0.3 is 0 Å². The number of nitrogens with zero attached hydrogens (tertiary/aromatic N) is 1. The van der Waals surface area contributed by atoms with Gasteiger partial charge in [-0.05, 0) is 36.0 Å². The van der Waals surface area contributed by atoms with Crippen molar-refractivity contribution < 1.29 is 4.79 Å². The molecule has 3 nitrogen and oxygen atoms in total. The molecule has 2 rings (SSSR count). The molecular formula is C15H22N2O. The van der Waals surface area contributed by atoms with Crippen molar-refractivity contribution >= 4 is 11.6 Å². The van der Waals surface area contributed by atoms with Gasteiger partial charge in [0.2, 0.25) is 5.91 Å². The van der Waals surface area contributed by atoms with Gasteiger partial charge in [-0.2, -0.15) is 0 Å². The standard InChI is InChI=1S/C15H22N2O/c1-15(2)6-8-17(9-7-15)14(18)11-12-4-3-5-13(16)10-12/h3-5,10H,6-9,11,16H2,1-2H3. The second kappa shape index (κ2) is 5.01. The van der Waals surface area contributed by atoms with Crippen LogP contribution in [0.4, 0.5) is 5.69 Å². The maximum absolute atomic E-state index is 12.2. The predicted molar refractivity (Wildman–Crippen MR) is 74.2 cm³/mol. The predicted octanol–water partition coefficient (Wildman–Crippen LogP) is 2.46. The molecule has 1 saturated heterocycles. The van der Waals surface area contributed by atoms with E-state index in [0.717, 1.165) is 37.2 Å². The third-order valence-corrected chi connectivity index (χ3v) is 3.78. The normalized spacial score (nSPS) is 18.7. The van der Waals surface area contributed by atoms with Crippen LogP contribution >= 0.6 is 0 Å². The Morgan fingerprint density at radius 3 is 2.61 bits per heavy atom. The van der Waals surface area contributed by atoms with Crippen LogP contribution < -0.4 is 5.73 Å². The first kappa shape index (κ1) is 12.9. The summed E-state index contributed by atoms with van der Waals surface area (Å²) in [5, 5.41) is 0. The highest BCUT2D eigenvalue weighted by atomic mass is 16.2. The summed E-state index contributed by atoms with van der Waals surface area (Å²) in [6.45, 7) is 6.31. The zero-order valence-corrected chi connectivity index (χ0v) is 11.3. The summed E-state index contributed by atoms with van der Waals surface area (Å²) in [5.74, 6) is 0.219. The van der Waals surface area contributed by atoms with Crippen molar-refractivity contribution in [3.8, 4) is 0 Å². The molecule has 1 aromatic carbocycles. The minimum atomic E-state index is 0.219. The van der Waals surface area contributed by atoms with Crippen LogP contribution in [-0.4, -0.2) is 23.9 Å². The lowest BCUT2D eigenvalue weighted by molar-refractivity contribution is -0.132. The minimum absolute atomic E-state index is 0.219. The van der Waals surface area contributed by atoms with Gasteiger partial charge in [-0.3, -0.25) is 4.79 Å². The van der Waals surface area contributed by atoms with E-state index in [1.165, 1.54) is 0 Å². The fourth-order valence-corrected chi connectivity index (χ4v) is 2.35. The minimum Gasteiger partial charge on any atom is -0.399 e. The van der Waals surface area contributed by atoms with Crippen LogP contribution in [0.3, 0.4) is 0 Å². The van der Waals surface area contributed by atoms with Crippen LogP contribution in [0, 0.1) is 5.41 Å². The highest BCUT2D eigenvalue weighted by Crippen LogP contribution is 2.29. The topological polar surface area (TPSA) is 46.3 Å². The van der Waals surface area contributed by atoms with E-state index in [9.17, 15) is 4.79 Å². The lowest BCUT2D eigenvalue weighted by atomic mass is 9.82. The maximum atomic E-state index is 12.2. The molecule has 0 aliphatic carbocycles. The third-order valence-electron chi connectivity index (χ3n) is 3.78. The molecule has 0 atom stereocenters. The van der Waals surface area contributed by atoms with Crippen molar-refractivity contribution in [3.05, 3.63) is 29.8 Å². The first-order valence-electron chi connectivity index (χ1n) is 6.58. The lowest BCUT2D eigenvalue weighted by Crippen LogP contribution is -2.41. The number of hydrogen-bond acceptors (Lipinski definition) is 2. The summed E-state index contributed by atoms with van der Waals surface area (Å²) in [4.78, 5) is 14.2. The van der Waals surface area contributed by atoms with Gasteiger partial charge in [0.15, 0.2) is 0 Å². The van der Waals surface area contributed by atoms with Crippen LogP contribution in [-0.2, 0) is 11.2 Å². The van der Waals surface area contributed by atoms with Gasteiger partial charge in [-0.25, -0.2) is 0 Å². The molecule has 1 aliphatic rings. The number of likely N-dealkylation sites (tertiary alicyclic amines) is 1. The molecule has 0 unspecified atom stereocenters. The fourth-order valence-electron chi connectivity index (χ4n) is 2.35. The van der Waals surface area contributed by atoms with Crippen LogP contribution in [0.2, 0.25) is 0 Å². The van der Waals surface area contributed by atoms with Crippen LogP contribution in [0.5, 0.6) is 0 Å². The van der Waals surface area contributed by atoms with E-state index in [1.807, 2.05) is 29.2 Å². The Hall–Kier alpha value is -1.51. The van der Waals surface area contributed by atoms with Gasteiger partial charge in [-0.15, -0.1) is 0 Å². The molecule has 1 heterocycles. The zero-order chi connectivity index (χ0) is 13.2. The Bertz CT molecular complexity index is 430. The van der Waals surface area contributed by atoms with Crippen molar-refractivity contribution in [3.63, 3.8) is 0 Å². The Morgan fingerprint density at radius 1 is 1.33 bits per heavy atom. The molecule has 3 heteroatoms. The smallest absolute Gasteiger partial charge is 0.226 e. The van der Waals surface area contributed by atoms with Crippen LogP contribution in [0.1, 0.15) is 32.3 Å². The molecule has 0 radical (unpaired) electrons. The number of nitrogen functional groups attached to an aromatic ring is 1. The van der Waals surface area contributed by atoms with Gasteiger partial charge in [0.05, 0.1) is 6.42 Å². The number of rotatable bonds is 2. The van der Waals surface area contributed by atoms with Crippen LogP contribution in [0.25, 0.3) is 0 Å². The molecule has 0 saturated carbocycles. The molecule has 98 valence electrons. The molecule has 0 spiro atoms. The highest BCUT2D eigenvalue weighted by molar-refractivity contribution is 5.79. The molecule has 18 heavy (non-hydrogen) atoms. The molecule has 1 aromatic rings. The molecule has 0 bridgehead atoms. The van der Waals surface area contributed by atoms with E-state index < -0.39 is 0 Å². The Morgan fingerprint density at radius 2 is 2.00 bits per heavy atom. The van der Waals surface area contributed by atoms with Crippen molar-refractivity contribution in [2.75, 3.05) is 18.8 Å². The first-order chi connectivity index (χ1) is 8.46. The summed E-state index contributed by atoms with van der Waals surface area (Å²) < 4.78 is 0. The number of piperidine rings is 1. The van der Waals surface area contributed by atoms with Crippen molar-refractivity contribution in [1.82, 2.24) is 4.90 Å².